The Kier molecular flexibility index (Phi) is 4.67. The van der Waals surface area contributed by atoms with E-state index < -0.39 is 0 Å². The van der Waals surface area contributed by atoms with Crippen LogP contribution in [0.15, 0.2) is 0 Å². The van der Waals surface area contributed by atoms with E-state index >= 15 is 0 Å². The fourth-order valence-electron chi connectivity index (χ4n) is 2.95. The first-order valence-corrected chi connectivity index (χ1v) is 8.86. The summed E-state index contributed by atoms with van der Waals surface area (Å²) in [5.74, 6) is 0.497. The van der Waals surface area contributed by atoms with Crippen LogP contribution in [-0.2, 0) is 9.59 Å². The van der Waals surface area contributed by atoms with Crippen LogP contribution in [0.25, 0.3) is 0 Å². The molecule has 114 valence electrons. The van der Waals surface area contributed by atoms with Gasteiger partial charge in [0.15, 0.2) is 0 Å². The van der Waals surface area contributed by atoms with E-state index in [9.17, 15) is 9.59 Å². The molecule has 2 amide bonds. The summed E-state index contributed by atoms with van der Waals surface area (Å²) in [5.41, 5.74) is 0. The van der Waals surface area contributed by atoms with Gasteiger partial charge in [-0.1, -0.05) is 13.8 Å². The first-order chi connectivity index (χ1) is 9.48. The molecule has 5 heteroatoms. The summed E-state index contributed by atoms with van der Waals surface area (Å²) in [6, 6.07) is -0.617. The molecule has 2 rings (SSSR count). The van der Waals surface area contributed by atoms with E-state index in [-0.39, 0.29) is 28.6 Å². The standard InChI is InChI=1S/C15H26N2O2S/c1-5-15(6-2,20-4)9-17-10(3)13(18)16-12(14(17)19)11-7-8-11/h10-12H,5-9H2,1-4H3,(H,16,18). The minimum Gasteiger partial charge on any atom is -0.342 e. The van der Waals surface area contributed by atoms with Gasteiger partial charge in [-0.05, 0) is 44.8 Å². The van der Waals surface area contributed by atoms with Crippen LogP contribution in [0, 0.1) is 5.92 Å². The second-order valence-electron chi connectivity index (χ2n) is 6.06. The van der Waals surface area contributed by atoms with Gasteiger partial charge >= 0.3 is 0 Å². The maximum absolute atomic E-state index is 12.7. The summed E-state index contributed by atoms with van der Waals surface area (Å²) in [6.07, 6.45) is 6.25. The minimum absolute atomic E-state index is 0.00343. The van der Waals surface area contributed by atoms with Crippen LogP contribution in [0.3, 0.4) is 0 Å². The van der Waals surface area contributed by atoms with Gasteiger partial charge in [0.2, 0.25) is 11.8 Å². The average Bonchev–Trinajstić information content (AvgIpc) is 3.29. The summed E-state index contributed by atoms with van der Waals surface area (Å²) in [6.45, 7) is 6.85. The third kappa shape index (κ3) is 2.83. The number of amides is 2. The van der Waals surface area contributed by atoms with E-state index in [1.165, 1.54) is 0 Å². The van der Waals surface area contributed by atoms with Gasteiger partial charge in [-0.15, -0.1) is 0 Å². The van der Waals surface area contributed by atoms with Crippen molar-refractivity contribution in [1.82, 2.24) is 10.2 Å². The van der Waals surface area contributed by atoms with Crippen molar-refractivity contribution >= 4 is 23.6 Å². The zero-order chi connectivity index (χ0) is 14.9. The fraction of sp³-hybridized carbons (Fsp3) is 0.867. The highest BCUT2D eigenvalue weighted by molar-refractivity contribution is 8.00. The molecule has 0 spiro atoms. The van der Waals surface area contributed by atoms with Gasteiger partial charge in [0.25, 0.3) is 0 Å². The molecular formula is C15H26N2O2S. The molecular weight excluding hydrogens is 272 g/mol. The van der Waals surface area contributed by atoms with Crippen molar-refractivity contribution in [2.45, 2.75) is 63.3 Å². The second-order valence-corrected chi connectivity index (χ2v) is 7.33. The largest absolute Gasteiger partial charge is 0.342 e. The SMILES string of the molecule is CCC(CC)(CN1C(=O)C(C2CC2)NC(=O)C1C)SC. The number of hydrogen-bond donors (Lipinski definition) is 1. The monoisotopic (exact) mass is 298 g/mol. The predicted octanol–water partition coefficient (Wildman–Crippen LogP) is 2.03. The number of rotatable bonds is 6. The summed E-state index contributed by atoms with van der Waals surface area (Å²) < 4.78 is 0.0651. The lowest BCUT2D eigenvalue weighted by Crippen LogP contribution is -2.65. The number of thioether (sulfide) groups is 1. The summed E-state index contributed by atoms with van der Waals surface area (Å²) in [7, 11) is 0. The molecule has 1 saturated carbocycles. The lowest BCUT2D eigenvalue weighted by molar-refractivity contribution is -0.149. The van der Waals surface area contributed by atoms with E-state index in [1.54, 1.807) is 0 Å². The van der Waals surface area contributed by atoms with Crippen molar-refractivity contribution in [3.8, 4) is 0 Å². The third-order valence-corrected chi connectivity index (χ3v) is 6.54. The van der Waals surface area contributed by atoms with Crippen molar-refractivity contribution in [2.24, 2.45) is 5.92 Å². The highest BCUT2D eigenvalue weighted by Gasteiger charge is 2.47. The molecule has 0 aromatic rings. The zero-order valence-corrected chi connectivity index (χ0v) is 13.8. The third-order valence-electron chi connectivity index (χ3n) is 4.97. The Morgan fingerprint density at radius 3 is 2.35 bits per heavy atom. The number of carbonyl (C=O) groups is 2. The van der Waals surface area contributed by atoms with Gasteiger partial charge in [0.05, 0.1) is 0 Å². The Hall–Kier alpha value is -0.710. The average molecular weight is 298 g/mol. The zero-order valence-electron chi connectivity index (χ0n) is 12.9. The maximum atomic E-state index is 12.7. The van der Waals surface area contributed by atoms with Crippen molar-refractivity contribution < 1.29 is 9.59 Å². The molecule has 0 radical (unpaired) electrons. The number of nitrogens with zero attached hydrogens (tertiary/aromatic N) is 1. The normalized spacial score (nSPS) is 27.7. The van der Waals surface area contributed by atoms with E-state index in [2.05, 4.69) is 25.4 Å². The maximum Gasteiger partial charge on any atom is 0.246 e. The molecule has 1 aliphatic heterocycles. The van der Waals surface area contributed by atoms with E-state index in [4.69, 9.17) is 0 Å². The van der Waals surface area contributed by atoms with Crippen LogP contribution in [0.5, 0.6) is 0 Å². The highest BCUT2D eigenvalue weighted by Crippen LogP contribution is 2.37. The van der Waals surface area contributed by atoms with Crippen LogP contribution in [0.4, 0.5) is 0 Å². The molecule has 2 unspecified atom stereocenters. The first-order valence-electron chi connectivity index (χ1n) is 7.64. The van der Waals surface area contributed by atoms with Crippen LogP contribution in [0.1, 0.15) is 46.5 Å². The molecule has 2 aliphatic rings. The molecule has 1 saturated heterocycles. The number of hydrogen-bond acceptors (Lipinski definition) is 3. The predicted molar refractivity (Wildman–Crippen MR) is 82.7 cm³/mol. The van der Waals surface area contributed by atoms with E-state index in [0.717, 1.165) is 25.7 Å². The van der Waals surface area contributed by atoms with Crippen LogP contribution >= 0.6 is 11.8 Å². The van der Waals surface area contributed by atoms with E-state index in [1.807, 2.05) is 23.6 Å². The molecule has 2 atom stereocenters. The fourth-order valence-corrected chi connectivity index (χ4v) is 3.79. The Balaban J connectivity index is 2.18. The molecule has 2 fully saturated rings. The number of piperazine rings is 1. The lowest BCUT2D eigenvalue weighted by Gasteiger charge is -2.43. The number of carbonyl (C=O) groups excluding carboxylic acids is 2. The van der Waals surface area contributed by atoms with Crippen molar-refractivity contribution in [3.05, 3.63) is 0 Å². The van der Waals surface area contributed by atoms with Crippen molar-refractivity contribution in [1.29, 1.82) is 0 Å². The van der Waals surface area contributed by atoms with Gasteiger partial charge in [-0.25, -0.2) is 0 Å². The molecule has 4 nitrogen and oxygen atoms in total. The minimum atomic E-state index is -0.345. The molecule has 1 N–H and O–H groups in total. The van der Waals surface area contributed by atoms with Crippen LogP contribution in [0.2, 0.25) is 0 Å². The Bertz CT molecular complexity index is 383. The molecule has 1 aliphatic carbocycles. The topological polar surface area (TPSA) is 49.4 Å². The van der Waals surface area contributed by atoms with Gasteiger partial charge < -0.3 is 10.2 Å². The first kappa shape index (κ1) is 15.7. The summed E-state index contributed by atoms with van der Waals surface area (Å²) >= 11 is 1.82. The Labute approximate surface area is 126 Å². The quantitative estimate of drug-likeness (QED) is 0.816. The Morgan fingerprint density at radius 1 is 1.30 bits per heavy atom. The molecule has 1 heterocycles. The van der Waals surface area contributed by atoms with Crippen LogP contribution < -0.4 is 5.32 Å². The smallest absolute Gasteiger partial charge is 0.246 e. The lowest BCUT2D eigenvalue weighted by atomic mass is 9.97. The van der Waals surface area contributed by atoms with Crippen LogP contribution in [-0.4, -0.2) is 46.3 Å². The Morgan fingerprint density at radius 2 is 1.90 bits per heavy atom. The molecule has 20 heavy (non-hydrogen) atoms. The second kappa shape index (κ2) is 5.96. The summed E-state index contributed by atoms with van der Waals surface area (Å²) in [5, 5.41) is 2.91. The number of nitrogens with one attached hydrogen (secondary N) is 1. The van der Waals surface area contributed by atoms with Gasteiger partial charge in [-0.3, -0.25) is 9.59 Å². The molecule has 0 aromatic heterocycles. The molecule has 0 aromatic carbocycles. The summed E-state index contributed by atoms with van der Waals surface area (Å²) in [4.78, 5) is 26.6. The van der Waals surface area contributed by atoms with Crippen molar-refractivity contribution in [3.63, 3.8) is 0 Å². The van der Waals surface area contributed by atoms with Crippen molar-refractivity contribution in [2.75, 3.05) is 12.8 Å². The van der Waals surface area contributed by atoms with E-state index in [0.29, 0.717) is 12.5 Å². The van der Waals surface area contributed by atoms with Gasteiger partial charge in [-0.2, -0.15) is 11.8 Å². The van der Waals surface area contributed by atoms with Gasteiger partial charge in [0, 0.05) is 11.3 Å². The van der Waals surface area contributed by atoms with Gasteiger partial charge in [0.1, 0.15) is 12.1 Å². The molecule has 0 bridgehead atoms. The highest BCUT2D eigenvalue weighted by atomic mass is 32.2.